The summed E-state index contributed by atoms with van der Waals surface area (Å²) in [5.74, 6) is -0.177. The van der Waals surface area contributed by atoms with Crippen molar-refractivity contribution < 1.29 is 23.9 Å². The molecule has 2 aliphatic heterocycles. The maximum atomic E-state index is 12.7. The van der Waals surface area contributed by atoms with Crippen LogP contribution in [0.5, 0.6) is 0 Å². The Morgan fingerprint density at radius 2 is 1.86 bits per heavy atom. The van der Waals surface area contributed by atoms with Gasteiger partial charge in [0.25, 0.3) is 0 Å². The van der Waals surface area contributed by atoms with E-state index in [9.17, 15) is 14.4 Å². The van der Waals surface area contributed by atoms with Gasteiger partial charge in [-0.2, -0.15) is 0 Å². The van der Waals surface area contributed by atoms with Crippen LogP contribution in [-0.4, -0.2) is 73.3 Å². The normalized spacial score (nSPS) is 19.4. The van der Waals surface area contributed by atoms with Crippen molar-refractivity contribution in [1.29, 1.82) is 0 Å². The van der Waals surface area contributed by atoms with Crippen molar-refractivity contribution in [2.45, 2.75) is 25.3 Å². The molecule has 9 heteroatoms. The topological polar surface area (TPSA) is 114 Å². The van der Waals surface area contributed by atoms with E-state index >= 15 is 0 Å². The maximum absolute atomic E-state index is 12.7. The highest BCUT2D eigenvalue weighted by molar-refractivity contribution is 5.97. The Balaban J connectivity index is 1.54. The molecule has 152 valence electrons. The molecule has 2 aliphatic rings. The third kappa shape index (κ3) is 5.13. The van der Waals surface area contributed by atoms with E-state index in [4.69, 9.17) is 15.2 Å². The van der Waals surface area contributed by atoms with Crippen LogP contribution in [0.15, 0.2) is 24.3 Å². The molecule has 4 amide bonds. The highest BCUT2D eigenvalue weighted by atomic mass is 16.5. The first-order valence-electron chi connectivity index (χ1n) is 9.50. The standard InChI is InChI=1S/C19H26N4O5/c20-18(25)28-11-7-14-3-5-15(6-4-14)21-17(24)16-2-1-8-23(16)19(26)22-9-12-27-13-10-22/h3-6,16H,1-2,7-13H2,(H2,20,25)(H,21,24)/t16-/m0/s1. The van der Waals surface area contributed by atoms with Crippen LogP contribution in [0.25, 0.3) is 0 Å². The number of primary amides is 1. The number of hydrogen-bond acceptors (Lipinski definition) is 5. The number of benzene rings is 1. The number of hydrogen-bond donors (Lipinski definition) is 2. The molecule has 0 aromatic heterocycles. The molecule has 0 bridgehead atoms. The average Bonchev–Trinajstić information content (AvgIpc) is 3.19. The summed E-state index contributed by atoms with van der Waals surface area (Å²) >= 11 is 0. The molecule has 2 saturated heterocycles. The van der Waals surface area contributed by atoms with E-state index in [0.29, 0.717) is 51.4 Å². The Bertz CT molecular complexity index is 703. The zero-order valence-corrected chi connectivity index (χ0v) is 15.8. The van der Waals surface area contributed by atoms with Crippen LogP contribution in [0.4, 0.5) is 15.3 Å². The molecular weight excluding hydrogens is 364 g/mol. The van der Waals surface area contributed by atoms with E-state index < -0.39 is 12.1 Å². The minimum absolute atomic E-state index is 0.0919. The van der Waals surface area contributed by atoms with Crippen LogP contribution in [0, 0.1) is 0 Å². The number of nitrogens with one attached hydrogen (secondary N) is 1. The summed E-state index contributed by atoms with van der Waals surface area (Å²) in [7, 11) is 0. The van der Waals surface area contributed by atoms with Crippen LogP contribution >= 0.6 is 0 Å². The van der Waals surface area contributed by atoms with Crippen molar-refractivity contribution in [2.24, 2.45) is 5.73 Å². The van der Waals surface area contributed by atoms with Gasteiger partial charge in [-0.25, -0.2) is 9.59 Å². The molecule has 2 heterocycles. The number of ether oxygens (including phenoxy) is 2. The third-order valence-electron chi connectivity index (χ3n) is 4.94. The van der Waals surface area contributed by atoms with E-state index in [1.54, 1.807) is 21.9 Å². The van der Waals surface area contributed by atoms with Crippen LogP contribution < -0.4 is 11.1 Å². The SMILES string of the molecule is NC(=O)OCCc1ccc(NC(=O)[C@@H]2CCCN2C(=O)N2CCOCC2)cc1. The molecule has 0 spiro atoms. The van der Waals surface area contributed by atoms with Crippen LogP contribution in [0.2, 0.25) is 0 Å². The Labute approximate surface area is 163 Å². The summed E-state index contributed by atoms with van der Waals surface area (Å²) in [6.07, 6.45) is 1.22. The lowest BCUT2D eigenvalue weighted by Gasteiger charge is -2.33. The summed E-state index contributed by atoms with van der Waals surface area (Å²) in [4.78, 5) is 39.4. The molecule has 0 saturated carbocycles. The molecule has 1 atom stereocenters. The van der Waals surface area contributed by atoms with Crippen molar-refractivity contribution in [3.05, 3.63) is 29.8 Å². The second-order valence-corrected chi connectivity index (χ2v) is 6.84. The zero-order chi connectivity index (χ0) is 19.9. The molecule has 3 rings (SSSR count). The second-order valence-electron chi connectivity index (χ2n) is 6.84. The molecular formula is C19H26N4O5. The average molecular weight is 390 g/mol. The number of carbonyl (C=O) groups excluding carboxylic acids is 3. The minimum atomic E-state index is -0.795. The fraction of sp³-hybridized carbons (Fsp3) is 0.526. The van der Waals surface area contributed by atoms with Gasteiger partial charge in [0.05, 0.1) is 19.8 Å². The van der Waals surface area contributed by atoms with Gasteiger partial charge in [-0.05, 0) is 30.5 Å². The molecule has 3 N–H and O–H groups in total. The predicted molar refractivity (Wildman–Crippen MR) is 102 cm³/mol. The number of nitrogens with two attached hydrogens (primary N) is 1. The number of morpholine rings is 1. The fourth-order valence-corrected chi connectivity index (χ4v) is 3.45. The van der Waals surface area contributed by atoms with Gasteiger partial charge < -0.3 is 30.3 Å². The molecule has 1 aromatic carbocycles. The van der Waals surface area contributed by atoms with Crippen molar-refractivity contribution in [3.8, 4) is 0 Å². The van der Waals surface area contributed by atoms with Gasteiger partial charge >= 0.3 is 12.1 Å². The van der Waals surface area contributed by atoms with Gasteiger partial charge in [-0.15, -0.1) is 0 Å². The molecule has 0 aliphatic carbocycles. The summed E-state index contributed by atoms with van der Waals surface area (Å²) in [6.45, 7) is 2.99. The first kappa shape index (κ1) is 19.9. The van der Waals surface area contributed by atoms with Crippen LogP contribution in [-0.2, 0) is 20.7 Å². The van der Waals surface area contributed by atoms with Gasteiger partial charge in [0.15, 0.2) is 0 Å². The third-order valence-corrected chi connectivity index (χ3v) is 4.94. The summed E-state index contributed by atoms with van der Waals surface area (Å²) < 4.78 is 10.0. The lowest BCUT2D eigenvalue weighted by Crippen LogP contribution is -2.52. The number of likely N-dealkylation sites (tertiary alicyclic amines) is 1. The quantitative estimate of drug-likeness (QED) is 0.784. The Morgan fingerprint density at radius 3 is 2.54 bits per heavy atom. The second kappa shape index (κ2) is 9.41. The van der Waals surface area contributed by atoms with E-state index in [-0.39, 0.29) is 18.5 Å². The van der Waals surface area contributed by atoms with Gasteiger partial charge in [0, 0.05) is 31.7 Å². The first-order valence-corrected chi connectivity index (χ1v) is 9.50. The van der Waals surface area contributed by atoms with Crippen LogP contribution in [0.1, 0.15) is 18.4 Å². The largest absolute Gasteiger partial charge is 0.449 e. The summed E-state index contributed by atoms with van der Waals surface area (Å²) in [5.41, 5.74) is 6.55. The van der Waals surface area contributed by atoms with Gasteiger partial charge in [0.2, 0.25) is 5.91 Å². The van der Waals surface area contributed by atoms with Crippen molar-refractivity contribution in [3.63, 3.8) is 0 Å². The molecule has 0 unspecified atom stereocenters. The number of nitrogens with zero attached hydrogens (tertiary/aromatic N) is 2. The highest BCUT2D eigenvalue weighted by Gasteiger charge is 2.36. The molecule has 0 radical (unpaired) electrons. The van der Waals surface area contributed by atoms with Gasteiger partial charge in [-0.1, -0.05) is 12.1 Å². The Hall–Kier alpha value is -2.81. The number of anilines is 1. The van der Waals surface area contributed by atoms with E-state index in [0.717, 1.165) is 12.0 Å². The van der Waals surface area contributed by atoms with Gasteiger partial charge in [0.1, 0.15) is 6.04 Å². The van der Waals surface area contributed by atoms with Crippen molar-refractivity contribution >= 4 is 23.7 Å². The lowest BCUT2D eigenvalue weighted by atomic mass is 10.1. The number of rotatable bonds is 5. The minimum Gasteiger partial charge on any atom is -0.449 e. The van der Waals surface area contributed by atoms with Crippen molar-refractivity contribution in [1.82, 2.24) is 9.80 Å². The molecule has 9 nitrogen and oxygen atoms in total. The summed E-state index contributed by atoms with van der Waals surface area (Å²) in [6, 6.07) is 6.74. The van der Waals surface area contributed by atoms with Gasteiger partial charge in [-0.3, -0.25) is 4.79 Å². The molecule has 28 heavy (non-hydrogen) atoms. The van der Waals surface area contributed by atoms with E-state index in [2.05, 4.69) is 5.32 Å². The Kier molecular flexibility index (Phi) is 6.70. The predicted octanol–water partition coefficient (Wildman–Crippen LogP) is 1.18. The summed E-state index contributed by atoms with van der Waals surface area (Å²) in [5, 5.41) is 2.89. The van der Waals surface area contributed by atoms with E-state index in [1.165, 1.54) is 0 Å². The van der Waals surface area contributed by atoms with E-state index in [1.807, 2.05) is 12.1 Å². The molecule has 1 aromatic rings. The molecule has 2 fully saturated rings. The maximum Gasteiger partial charge on any atom is 0.404 e. The highest BCUT2D eigenvalue weighted by Crippen LogP contribution is 2.21. The van der Waals surface area contributed by atoms with Crippen molar-refractivity contribution in [2.75, 3.05) is 44.8 Å². The number of urea groups is 1. The fourth-order valence-electron chi connectivity index (χ4n) is 3.45. The first-order chi connectivity index (χ1) is 13.5. The monoisotopic (exact) mass is 390 g/mol. The number of carbonyl (C=O) groups is 3. The lowest BCUT2D eigenvalue weighted by molar-refractivity contribution is -0.119. The number of amides is 4. The smallest absolute Gasteiger partial charge is 0.404 e. The van der Waals surface area contributed by atoms with Crippen LogP contribution in [0.3, 0.4) is 0 Å². The Morgan fingerprint density at radius 1 is 1.14 bits per heavy atom. The zero-order valence-electron chi connectivity index (χ0n) is 15.8.